The van der Waals surface area contributed by atoms with Gasteiger partial charge in [-0.05, 0) is 96.4 Å². The molecule has 338 valence electrons. The zero-order chi connectivity index (χ0) is 46.5. The van der Waals surface area contributed by atoms with Crippen molar-refractivity contribution >= 4 is 29.5 Å². The van der Waals surface area contributed by atoms with Crippen molar-refractivity contribution in [3.05, 3.63) is 107 Å². The van der Waals surface area contributed by atoms with Crippen LogP contribution in [0.2, 0.25) is 0 Å². The van der Waals surface area contributed by atoms with Crippen LogP contribution in [-0.2, 0) is 25.6 Å². The first-order chi connectivity index (χ1) is 30.7. The van der Waals surface area contributed by atoms with Crippen LogP contribution in [0.4, 0.5) is 0 Å². The largest absolute Gasteiger partial charge is 0.492 e. The number of benzene rings is 4. The van der Waals surface area contributed by atoms with Crippen molar-refractivity contribution in [2.24, 2.45) is 17.2 Å². The van der Waals surface area contributed by atoms with Crippen molar-refractivity contribution in [3.8, 4) is 39.8 Å². The Hall–Kier alpha value is -6.80. The lowest BCUT2D eigenvalue weighted by Crippen LogP contribution is -2.56. The van der Waals surface area contributed by atoms with E-state index in [1.807, 2.05) is 37.3 Å². The van der Waals surface area contributed by atoms with Crippen LogP contribution in [0.25, 0.3) is 22.3 Å². The minimum atomic E-state index is -1.38. The van der Waals surface area contributed by atoms with Crippen LogP contribution in [0.1, 0.15) is 71.8 Å². The summed E-state index contributed by atoms with van der Waals surface area (Å²) in [5, 5.41) is 20.0. The minimum absolute atomic E-state index is 0.0104. The lowest BCUT2D eigenvalue weighted by molar-refractivity contribution is -0.141. The van der Waals surface area contributed by atoms with Gasteiger partial charge in [0.15, 0.2) is 0 Å². The lowest BCUT2D eigenvalue weighted by Gasteiger charge is -2.32. The zero-order valence-corrected chi connectivity index (χ0v) is 37.0. The highest BCUT2D eigenvalue weighted by molar-refractivity contribution is 6.00. The Morgan fingerprint density at radius 2 is 1.48 bits per heavy atom. The molecule has 0 fully saturated rings. The van der Waals surface area contributed by atoms with E-state index in [-0.39, 0.29) is 52.2 Å². The summed E-state index contributed by atoms with van der Waals surface area (Å²) in [7, 11) is 1.44. The van der Waals surface area contributed by atoms with E-state index < -0.39 is 53.7 Å². The maximum Gasteiger partial charge on any atom is 0.252 e. The monoisotopic (exact) mass is 873 g/mol. The number of aryl methyl sites for hydroxylation is 1. The molecular formula is C48H59N9O7. The fourth-order valence-electron chi connectivity index (χ4n) is 7.52. The topological polar surface area (TPSA) is 257 Å². The number of nitrogens with one attached hydrogen (secondary N) is 4. The van der Waals surface area contributed by atoms with E-state index in [9.17, 15) is 24.0 Å². The Bertz CT molecular complexity index is 2360. The van der Waals surface area contributed by atoms with E-state index in [0.717, 1.165) is 11.1 Å². The molecule has 0 unspecified atom stereocenters. The molecule has 0 aliphatic carbocycles. The fraction of sp³-hybridized carbons (Fsp3) is 0.375. The molecule has 0 saturated heterocycles. The van der Waals surface area contributed by atoms with Gasteiger partial charge in [-0.3, -0.25) is 24.0 Å². The summed E-state index contributed by atoms with van der Waals surface area (Å²) in [5.74, 6) is -1.97. The average molecular weight is 874 g/mol. The van der Waals surface area contributed by atoms with Gasteiger partial charge in [-0.15, -0.1) is 0 Å². The molecule has 0 radical (unpaired) electrons. The first kappa shape index (κ1) is 48.2. The van der Waals surface area contributed by atoms with Gasteiger partial charge < -0.3 is 52.8 Å². The molecular weight excluding hydrogens is 815 g/mol. The summed E-state index contributed by atoms with van der Waals surface area (Å²) in [6.07, 6.45) is 0.0545. The summed E-state index contributed by atoms with van der Waals surface area (Å²) in [5.41, 5.74) is 23.8. The number of rotatable bonds is 16. The third-order valence-corrected chi connectivity index (χ3v) is 11.0. The second-order valence-electron chi connectivity index (χ2n) is 16.0. The molecule has 1 aliphatic heterocycles. The average Bonchev–Trinajstić information content (AvgIpc) is 3.28. The molecule has 16 nitrogen and oxygen atoms in total. The van der Waals surface area contributed by atoms with Gasteiger partial charge in [-0.1, -0.05) is 62.4 Å². The number of carbonyl (C=O) groups is 5. The van der Waals surface area contributed by atoms with Crippen molar-refractivity contribution in [3.63, 3.8) is 0 Å². The Labute approximate surface area is 374 Å². The van der Waals surface area contributed by atoms with E-state index in [1.165, 1.54) is 24.4 Å². The summed E-state index contributed by atoms with van der Waals surface area (Å²) in [6.45, 7) is 7.98. The number of amides is 5. The molecule has 1 heterocycles. The number of nitrogens with zero attached hydrogens (tertiary/aromatic N) is 2. The van der Waals surface area contributed by atoms with Gasteiger partial charge in [0.25, 0.3) is 5.91 Å². The molecule has 64 heavy (non-hydrogen) atoms. The van der Waals surface area contributed by atoms with Crippen LogP contribution in [-0.4, -0.2) is 99.0 Å². The second kappa shape index (κ2) is 22.5. The molecule has 0 aromatic heterocycles. The van der Waals surface area contributed by atoms with E-state index in [4.69, 9.17) is 31.9 Å². The predicted molar refractivity (Wildman–Crippen MR) is 244 cm³/mol. The van der Waals surface area contributed by atoms with Crippen LogP contribution in [0.5, 0.6) is 11.5 Å². The van der Waals surface area contributed by atoms with Crippen molar-refractivity contribution in [1.82, 2.24) is 26.2 Å². The lowest BCUT2D eigenvalue weighted by atomic mass is 9.93. The van der Waals surface area contributed by atoms with Gasteiger partial charge in [0, 0.05) is 43.2 Å². The van der Waals surface area contributed by atoms with E-state index in [0.29, 0.717) is 50.8 Å². The molecule has 4 atom stereocenters. The predicted octanol–water partition coefficient (Wildman–Crippen LogP) is 2.96. The van der Waals surface area contributed by atoms with Crippen LogP contribution in [0.15, 0.2) is 78.9 Å². The fourth-order valence-corrected chi connectivity index (χ4v) is 7.52. The quantitative estimate of drug-likeness (QED) is 0.0806. The third-order valence-electron chi connectivity index (χ3n) is 11.0. The Balaban J connectivity index is 1.56. The number of hydrogen-bond acceptors (Lipinski definition) is 11. The number of nitriles is 1. The second-order valence-corrected chi connectivity index (χ2v) is 16.0. The van der Waals surface area contributed by atoms with E-state index in [1.54, 1.807) is 42.5 Å². The Morgan fingerprint density at radius 3 is 2.09 bits per heavy atom. The Kier molecular flexibility index (Phi) is 17.0. The van der Waals surface area contributed by atoms with Crippen LogP contribution in [0.3, 0.4) is 0 Å². The smallest absolute Gasteiger partial charge is 0.252 e. The maximum absolute atomic E-state index is 14.6. The van der Waals surface area contributed by atoms with Crippen LogP contribution >= 0.6 is 0 Å². The number of nitrogens with two attached hydrogens (primary N) is 3. The van der Waals surface area contributed by atoms with Crippen molar-refractivity contribution < 1.29 is 33.4 Å². The molecule has 0 spiro atoms. The molecule has 16 heteroatoms. The van der Waals surface area contributed by atoms with Crippen molar-refractivity contribution in [1.29, 1.82) is 5.26 Å². The third kappa shape index (κ3) is 11.8. The molecule has 4 bridgehead atoms. The van der Waals surface area contributed by atoms with E-state index in [2.05, 4.69) is 47.2 Å². The zero-order valence-electron chi connectivity index (χ0n) is 37.0. The first-order valence-corrected chi connectivity index (χ1v) is 21.4. The summed E-state index contributed by atoms with van der Waals surface area (Å²) in [4.78, 5) is 71.4. The van der Waals surface area contributed by atoms with Crippen LogP contribution in [0, 0.1) is 18.3 Å². The minimum Gasteiger partial charge on any atom is -0.492 e. The van der Waals surface area contributed by atoms with Gasteiger partial charge in [0.05, 0.1) is 6.07 Å². The summed E-state index contributed by atoms with van der Waals surface area (Å²) < 4.78 is 12.2. The highest BCUT2D eigenvalue weighted by Gasteiger charge is 2.36. The van der Waals surface area contributed by atoms with E-state index >= 15 is 0 Å². The number of ether oxygens (including phenoxy) is 2. The van der Waals surface area contributed by atoms with Gasteiger partial charge in [-0.2, -0.15) is 5.26 Å². The molecule has 1 aliphatic rings. The summed E-state index contributed by atoms with van der Waals surface area (Å²) >= 11 is 0. The Morgan fingerprint density at radius 1 is 0.844 bits per heavy atom. The number of fused-ring (bicyclic) bond motifs is 5. The highest BCUT2D eigenvalue weighted by Crippen LogP contribution is 2.40. The normalized spacial score (nSPS) is 16.6. The molecule has 4 aromatic rings. The van der Waals surface area contributed by atoms with Gasteiger partial charge >= 0.3 is 0 Å². The summed E-state index contributed by atoms with van der Waals surface area (Å²) in [6, 6.07) is 21.0. The molecule has 5 rings (SSSR count). The number of carbonyl (C=O) groups excluding carboxylic acids is 5. The first-order valence-electron chi connectivity index (χ1n) is 21.4. The van der Waals surface area contributed by atoms with Gasteiger partial charge in [0.1, 0.15) is 55.4 Å². The van der Waals surface area contributed by atoms with Gasteiger partial charge in [-0.25, -0.2) is 0 Å². The number of hydrogen-bond donors (Lipinski definition) is 7. The van der Waals surface area contributed by atoms with Crippen molar-refractivity contribution in [2.75, 3.05) is 46.4 Å². The van der Waals surface area contributed by atoms with Gasteiger partial charge in [0.2, 0.25) is 23.6 Å². The maximum atomic E-state index is 14.6. The molecule has 10 N–H and O–H groups in total. The standard InChI is InChI=1S/C48H59N9O7/c1-28(2)32-7-9-33(10-8-32)34-11-13-36(29(3)24-34)45(59)55-39(16-17-49)48(62)57(5)43-35-12-15-42(64-23-20-52)38(27-35)37-25-31(6-14-41(37)63-22-19-51)26-40(46(60)53-21-18-50)56-44(58)30(4)54-47(43)61/h6-15,24-25,27-28,30,39-40,43H,16-17,19-23,26,49,51-52H2,1-5H3,(H,53,60)(H,54,61)(H,55,59)(H,56,58)/t30-,39-,40-,43-/m0/s1. The molecule has 0 saturated carbocycles. The van der Waals surface area contributed by atoms with Crippen molar-refractivity contribution in [2.45, 2.75) is 70.6 Å². The highest BCUT2D eigenvalue weighted by atomic mass is 16.5. The number of likely N-dealkylation sites (N-methyl/N-ethyl adjacent to an activating group) is 1. The van der Waals surface area contributed by atoms with Crippen LogP contribution < -0.4 is 47.9 Å². The molecule has 4 aromatic carbocycles. The SMILES string of the molecule is Cc1cc(-c2ccc(C(C)C)cc2)ccc1C(=O)N[C@@H](CCN)C(=O)N(C)[C@@H]1C(=O)N[C@@H](C)C(=O)N[C@H](C(=O)NCC#N)Cc2ccc(OCCN)c(c2)-c2cc1ccc2OCCN. The molecule has 5 amide bonds.